The fourth-order valence-corrected chi connectivity index (χ4v) is 2.41. The molecule has 21 heavy (non-hydrogen) atoms. The van der Waals surface area contributed by atoms with Crippen LogP contribution in [0.1, 0.15) is 24.1 Å². The lowest BCUT2D eigenvalue weighted by atomic mass is 10.1. The monoisotopic (exact) mass is 322 g/mol. The summed E-state index contributed by atoms with van der Waals surface area (Å²) < 4.78 is 0. The third kappa shape index (κ3) is 4.13. The lowest BCUT2D eigenvalue weighted by Crippen LogP contribution is -2.16. The Labute approximate surface area is 134 Å². The van der Waals surface area contributed by atoms with E-state index < -0.39 is 0 Å². The van der Waals surface area contributed by atoms with Crippen LogP contribution < -0.4 is 11.1 Å². The highest BCUT2D eigenvalue weighted by Gasteiger charge is 2.11. The largest absolute Gasteiger partial charge is 0.378 e. The van der Waals surface area contributed by atoms with Gasteiger partial charge in [0.25, 0.3) is 0 Å². The SMILES string of the molecule is CC(Nc1ccccc1CC(N)=O)c1ccc(Cl)c(Cl)c1. The summed E-state index contributed by atoms with van der Waals surface area (Å²) in [7, 11) is 0. The Morgan fingerprint density at radius 2 is 1.90 bits per heavy atom. The first kappa shape index (κ1) is 15.7. The van der Waals surface area contributed by atoms with Crippen LogP contribution in [-0.2, 0) is 11.2 Å². The zero-order valence-electron chi connectivity index (χ0n) is 11.6. The van der Waals surface area contributed by atoms with E-state index in [1.54, 1.807) is 6.07 Å². The van der Waals surface area contributed by atoms with Gasteiger partial charge in [-0.25, -0.2) is 0 Å². The predicted molar refractivity (Wildman–Crippen MR) is 87.8 cm³/mol. The maximum atomic E-state index is 11.1. The topological polar surface area (TPSA) is 55.1 Å². The van der Waals surface area contributed by atoms with Gasteiger partial charge in [-0.3, -0.25) is 4.79 Å². The third-order valence-electron chi connectivity index (χ3n) is 3.20. The van der Waals surface area contributed by atoms with Crippen LogP contribution in [0.15, 0.2) is 42.5 Å². The van der Waals surface area contributed by atoms with Crippen LogP contribution in [0.5, 0.6) is 0 Å². The van der Waals surface area contributed by atoms with Gasteiger partial charge in [0.05, 0.1) is 16.5 Å². The Bertz CT molecular complexity index is 658. The van der Waals surface area contributed by atoms with Gasteiger partial charge in [-0.05, 0) is 36.2 Å². The van der Waals surface area contributed by atoms with Crippen molar-refractivity contribution < 1.29 is 4.79 Å². The summed E-state index contributed by atoms with van der Waals surface area (Å²) in [5.41, 5.74) is 8.04. The number of primary amides is 1. The first-order chi connectivity index (χ1) is 9.97. The number of benzene rings is 2. The Morgan fingerprint density at radius 3 is 2.57 bits per heavy atom. The van der Waals surface area contributed by atoms with Gasteiger partial charge in [-0.2, -0.15) is 0 Å². The Hall–Kier alpha value is -1.71. The van der Waals surface area contributed by atoms with Gasteiger partial charge in [0.15, 0.2) is 0 Å². The molecule has 2 aromatic carbocycles. The molecule has 0 fully saturated rings. The molecule has 3 nitrogen and oxygen atoms in total. The van der Waals surface area contributed by atoms with Crippen molar-refractivity contribution in [3.05, 3.63) is 63.6 Å². The van der Waals surface area contributed by atoms with Crippen molar-refractivity contribution in [2.24, 2.45) is 5.73 Å². The minimum atomic E-state index is -0.355. The van der Waals surface area contributed by atoms with Crippen molar-refractivity contribution in [3.8, 4) is 0 Å². The highest BCUT2D eigenvalue weighted by Crippen LogP contribution is 2.28. The van der Waals surface area contributed by atoms with Crippen molar-refractivity contribution in [1.82, 2.24) is 0 Å². The highest BCUT2D eigenvalue weighted by molar-refractivity contribution is 6.42. The lowest BCUT2D eigenvalue weighted by molar-refractivity contribution is -0.117. The molecule has 0 radical (unpaired) electrons. The van der Waals surface area contributed by atoms with Crippen LogP contribution in [0, 0.1) is 0 Å². The first-order valence-corrected chi connectivity index (χ1v) is 7.30. The lowest BCUT2D eigenvalue weighted by Gasteiger charge is -2.18. The van der Waals surface area contributed by atoms with Crippen molar-refractivity contribution in [2.75, 3.05) is 5.32 Å². The van der Waals surface area contributed by atoms with E-state index >= 15 is 0 Å². The quantitative estimate of drug-likeness (QED) is 0.867. The molecule has 0 aliphatic carbocycles. The van der Waals surface area contributed by atoms with Gasteiger partial charge in [0.2, 0.25) is 5.91 Å². The van der Waals surface area contributed by atoms with Crippen LogP contribution in [-0.4, -0.2) is 5.91 Å². The molecule has 0 aliphatic rings. The van der Waals surface area contributed by atoms with Crippen LogP contribution in [0.2, 0.25) is 10.0 Å². The molecule has 1 atom stereocenters. The molecule has 0 saturated heterocycles. The summed E-state index contributed by atoms with van der Waals surface area (Å²) in [4.78, 5) is 11.1. The van der Waals surface area contributed by atoms with Crippen LogP contribution in [0.25, 0.3) is 0 Å². The number of carbonyl (C=O) groups is 1. The van der Waals surface area contributed by atoms with Gasteiger partial charge in [0, 0.05) is 11.7 Å². The number of nitrogens with two attached hydrogens (primary N) is 1. The Kier molecular flexibility index (Phi) is 5.10. The van der Waals surface area contributed by atoms with E-state index in [2.05, 4.69) is 5.32 Å². The standard InChI is InChI=1S/C16H16Cl2N2O/c1-10(11-6-7-13(17)14(18)8-11)20-15-5-3-2-4-12(15)9-16(19)21/h2-8,10,20H,9H2,1H3,(H2,19,21). The predicted octanol–water partition coefficient (Wildman–Crippen LogP) is 4.19. The number of anilines is 1. The highest BCUT2D eigenvalue weighted by atomic mass is 35.5. The Morgan fingerprint density at radius 1 is 1.19 bits per heavy atom. The molecule has 0 aliphatic heterocycles. The zero-order valence-corrected chi connectivity index (χ0v) is 13.1. The molecule has 0 saturated carbocycles. The third-order valence-corrected chi connectivity index (χ3v) is 3.94. The number of halogens is 2. The second-order valence-corrected chi connectivity index (χ2v) is 5.65. The Balaban J connectivity index is 2.21. The van der Waals surface area contributed by atoms with Gasteiger partial charge >= 0.3 is 0 Å². The van der Waals surface area contributed by atoms with Crippen molar-refractivity contribution in [2.45, 2.75) is 19.4 Å². The van der Waals surface area contributed by atoms with E-state index in [4.69, 9.17) is 28.9 Å². The fraction of sp³-hybridized carbons (Fsp3) is 0.188. The molecule has 1 amide bonds. The molecule has 2 aromatic rings. The second-order valence-electron chi connectivity index (χ2n) is 4.84. The summed E-state index contributed by atoms with van der Waals surface area (Å²) in [6, 6.07) is 13.1. The summed E-state index contributed by atoms with van der Waals surface area (Å²) in [5, 5.41) is 4.42. The molecule has 5 heteroatoms. The molecular formula is C16H16Cl2N2O. The van der Waals surface area contributed by atoms with E-state index in [0.29, 0.717) is 10.0 Å². The number of rotatable bonds is 5. The van der Waals surface area contributed by atoms with Gasteiger partial charge in [-0.1, -0.05) is 47.5 Å². The fourth-order valence-electron chi connectivity index (χ4n) is 2.10. The van der Waals surface area contributed by atoms with Crippen molar-refractivity contribution in [3.63, 3.8) is 0 Å². The molecule has 110 valence electrons. The normalized spacial score (nSPS) is 12.0. The van der Waals surface area contributed by atoms with Gasteiger partial charge < -0.3 is 11.1 Å². The van der Waals surface area contributed by atoms with E-state index in [1.807, 2.05) is 43.3 Å². The van der Waals surface area contributed by atoms with E-state index in [0.717, 1.165) is 16.8 Å². The number of carbonyl (C=O) groups excluding carboxylic acids is 1. The van der Waals surface area contributed by atoms with Gasteiger partial charge in [0.1, 0.15) is 0 Å². The smallest absolute Gasteiger partial charge is 0.221 e. The molecule has 0 heterocycles. The van der Waals surface area contributed by atoms with Crippen molar-refractivity contribution >= 4 is 34.8 Å². The average molecular weight is 323 g/mol. The molecular weight excluding hydrogens is 307 g/mol. The minimum Gasteiger partial charge on any atom is -0.378 e. The maximum absolute atomic E-state index is 11.1. The number of nitrogens with one attached hydrogen (secondary N) is 1. The van der Waals surface area contributed by atoms with E-state index in [1.165, 1.54) is 0 Å². The van der Waals surface area contributed by atoms with Crippen LogP contribution >= 0.6 is 23.2 Å². The second kappa shape index (κ2) is 6.83. The van der Waals surface area contributed by atoms with Crippen LogP contribution in [0.4, 0.5) is 5.69 Å². The summed E-state index contributed by atoms with van der Waals surface area (Å²) >= 11 is 12.0. The number of hydrogen-bond donors (Lipinski definition) is 2. The molecule has 0 spiro atoms. The van der Waals surface area contributed by atoms with Crippen molar-refractivity contribution in [1.29, 1.82) is 0 Å². The summed E-state index contributed by atoms with van der Waals surface area (Å²) in [6.07, 6.45) is 0.206. The number of para-hydroxylation sites is 1. The molecule has 0 aromatic heterocycles. The summed E-state index contributed by atoms with van der Waals surface area (Å²) in [6.45, 7) is 2.01. The zero-order chi connectivity index (χ0) is 15.4. The van der Waals surface area contributed by atoms with E-state index in [-0.39, 0.29) is 18.4 Å². The first-order valence-electron chi connectivity index (χ1n) is 6.55. The summed E-state index contributed by atoms with van der Waals surface area (Å²) in [5.74, 6) is -0.355. The number of hydrogen-bond acceptors (Lipinski definition) is 2. The molecule has 2 rings (SSSR count). The average Bonchev–Trinajstić information content (AvgIpc) is 2.43. The number of amides is 1. The van der Waals surface area contributed by atoms with E-state index in [9.17, 15) is 4.79 Å². The molecule has 1 unspecified atom stereocenters. The maximum Gasteiger partial charge on any atom is 0.221 e. The molecule has 3 N–H and O–H groups in total. The minimum absolute atomic E-state index is 0.0220. The van der Waals surface area contributed by atoms with Gasteiger partial charge in [-0.15, -0.1) is 0 Å². The molecule has 0 bridgehead atoms. The van der Waals surface area contributed by atoms with Crippen LogP contribution in [0.3, 0.4) is 0 Å².